The van der Waals surface area contributed by atoms with Crippen LogP contribution in [0.15, 0.2) is 24.3 Å². The third-order valence-electron chi connectivity index (χ3n) is 5.39. The van der Waals surface area contributed by atoms with Crippen LogP contribution in [0.25, 0.3) is 0 Å². The van der Waals surface area contributed by atoms with E-state index in [1.807, 2.05) is 36.1 Å². The molecule has 1 aliphatic carbocycles. The molecule has 2 amide bonds. The van der Waals surface area contributed by atoms with E-state index in [9.17, 15) is 9.59 Å². The standard InChI is InChI=1S/C20H29N3O2/c1-14-5-7-17(8-6-14)22-20(25)15(2)21-16-9-11-18(12-10-16)23-13-3-4-19(23)24/h9-12,14-15,17,21H,3-8,13H2,1-2H3,(H,22,25). The molecule has 1 atom stereocenters. The number of nitrogens with one attached hydrogen (secondary N) is 2. The number of carbonyl (C=O) groups is 2. The lowest BCUT2D eigenvalue weighted by Gasteiger charge is -2.28. The molecule has 2 fully saturated rings. The Labute approximate surface area is 150 Å². The second-order valence-corrected chi connectivity index (χ2v) is 7.53. The van der Waals surface area contributed by atoms with E-state index in [2.05, 4.69) is 17.6 Å². The summed E-state index contributed by atoms with van der Waals surface area (Å²) in [6, 6.07) is 7.80. The van der Waals surface area contributed by atoms with Crippen molar-refractivity contribution < 1.29 is 9.59 Å². The van der Waals surface area contributed by atoms with Crippen molar-refractivity contribution in [2.45, 2.75) is 64.5 Å². The Balaban J connectivity index is 1.51. The Morgan fingerprint density at radius 1 is 1.16 bits per heavy atom. The van der Waals surface area contributed by atoms with Gasteiger partial charge >= 0.3 is 0 Å². The van der Waals surface area contributed by atoms with Gasteiger partial charge in [0.1, 0.15) is 6.04 Å². The van der Waals surface area contributed by atoms with E-state index in [0.29, 0.717) is 12.5 Å². The summed E-state index contributed by atoms with van der Waals surface area (Å²) in [7, 11) is 0. The largest absolute Gasteiger partial charge is 0.374 e. The van der Waals surface area contributed by atoms with E-state index in [4.69, 9.17) is 0 Å². The summed E-state index contributed by atoms with van der Waals surface area (Å²) >= 11 is 0. The van der Waals surface area contributed by atoms with Gasteiger partial charge < -0.3 is 15.5 Å². The summed E-state index contributed by atoms with van der Waals surface area (Å²) in [6.07, 6.45) is 6.12. The molecule has 0 spiro atoms. The van der Waals surface area contributed by atoms with Gasteiger partial charge in [0.05, 0.1) is 0 Å². The summed E-state index contributed by atoms with van der Waals surface area (Å²) < 4.78 is 0. The highest BCUT2D eigenvalue weighted by Gasteiger charge is 2.23. The van der Waals surface area contributed by atoms with Crippen molar-refractivity contribution in [1.82, 2.24) is 5.32 Å². The summed E-state index contributed by atoms with van der Waals surface area (Å²) in [5, 5.41) is 6.42. The van der Waals surface area contributed by atoms with Gasteiger partial charge in [0, 0.05) is 30.4 Å². The van der Waals surface area contributed by atoms with Crippen LogP contribution < -0.4 is 15.5 Å². The molecule has 0 bridgehead atoms. The number of hydrogen-bond donors (Lipinski definition) is 2. The van der Waals surface area contributed by atoms with Crippen molar-refractivity contribution >= 4 is 23.2 Å². The Morgan fingerprint density at radius 2 is 1.84 bits per heavy atom. The predicted molar refractivity (Wildman–Crippen MR) is 101 cm³/mol. The highest BCUT2D eigenvalue weighted by atomic mass is 16.2. The molecule has 1 aromatic rings. The van der Waals surface area contributed by atoms with Gasteiger partial charge in [-0.05, 0) is 69.2 Å². The summed E-state index contributed by atoms with van der Waals surface area (Å²) in [5.41, 5.74) is 1.83. The predicted octanol–water partition coefficient (Wildman–Crippen LogP) is 3.31. The van der Waals surface area contributed by atoms with Gasteiger partial charge in [0.25, 0.3) is 0 Å². The van der Waals surface area contributed by atoms with Crippen LogP contribution in [-0.4, -0.2) is 30.4 Å². The molecular weight excluding hydrogens is 314 g/mol. The van der Waals surface area contributed by atoms with Crippen LogP contribution in [0.3, 0.4) is 0 Å². The number of amides is 2. The normalized spacial score (nSPS) is 24.9. The van der Waals surface area contributed by atoms with Crippen molar-refractivity contribution in [3.05, 3.63) is 24.3 Å². The fourth-order valence-electron chi connectivity index (χ4n) is 3.70. The van der Waals surface area contributed by atoms with E-state index < -0.39 is 0 Å². The molecule has 2 aliphatic rings. The first-order valence-electron chi connectivity index (χ1n) is 9.50. The first-order chi connectivity index (χ1) is 12.0. The zero-order valence-electron chi connectivity index (χ0n) is 15.3. The van der Waals surface area contributed by atoms with Crippen LogP contribution in [-0.2, 0) is 9.59 Å². The molecule has 136 valence electrons. The van der Waals surface area contributed by atoms with E-state index in [1.165, 1.54) is 12.8 Å². The van der Waals surface area contributed by atoms with E-state index in [1.54, 1.807) is 0 Å². The van der Waals surface area contributed by atoms with Crippen LogP contribution in [0.5, 0.6) is 0 Å². The second kappa shape index (κ2) is 7.89. The van der Waals surface area contributed by atoms with Crippen molar-refractivity contribution in [3.8, 4) is 0 Å². The quantitative estimate of drug-likeness (QED) is 0.862. The number of nitrogens with zero attached hydrogens (tertiary/aromatic N) is 1. The number of benzene rings is 1. The molecule has 1 saturated heterocycles. The van der Waals surface area contributed by atoms with Crippen molar-refractivity contribution in [1.29, 1.82) is 0 Å². The van der Waals surface area contributed by atoms with Gasteiger partial charge in [-0.1, -0.05) is 6.92 Å². The molecule has 5 nitrogen and oxygen atoms in total. The maximum absolute atomic E-state index is 12.4. The Morgan fingerprint density at radius 3 is 2.44 bits per heavy atom. The number of rotatable bonds is 5. The molecule has 1 heterocycles. The van der Waals surface area contributed by atoms with Crippen molar-refractivity contribution in [3.63, 3.8) is 0 Å². The third-order valence-corrected chi connectivity index (χ3v) is 5.39. The summed E-state index contributed by atoms with van der Waals surface area (Å²) in [6.45, 7) is 4.96. The summed E-state index contributed by atoms with van der Waals surface area (Å²) in [5.74, 6) is 1.03. The fraction of sp³-hybridized carbons (Fsp3) is 0.600. The van der Waals surface area contributed by atoms with Crippen molar-refractivity contribution in [2.24, 2.45) is 5.92 Å². The monoisotopic (exact) mass is 343 g/mol. The van der Waals surface area contributed by atoms with Gasteiger partial charge in [-0.25, -0.2) is 0 Å². The molecule has 2 N–H and O–H groups in total. The lowest BCUT2D eigenvalue weighted by Crippen LogP contribution is -2.44. The van der Waals surface area contributed by atoms with Crippen LogP contribution in [0.1, 0.15) is 52.4 Å². The Kier molecular flexibility index (Phi) is 5.61. The highest BCUT2D eigenvalue weighted by molar-refractivity contribution is 5.95. The van der Waals surface area contributed by atoms with Gasteiger partial charge in [0.15, 0.2) is 0 Å². The molecule has 0 aromatic heterocycles. The van der Waals surface area contributed by atoms with Gasteiger partial charge in [-0.15, -0.1) is 0 Å². The van der Waals surface area contributed by atoms with Crippen LogP contribution >= 0.6 is 0 Å². The molecule has 1 saturated carbocycles. The van der Waals surface area contributed by atoms with Crippen molar-refractivity contribution in [2.75, 3.05) is 16.8 Å². The first kappa shape index (κ1) is 17.8. The minimum Gasteiger partial charge on any atom is -0.374 e. The number of anilines is 2. The molecule has 1 aromatic carbocycles. The number of hydrogen-bond acceptors (Lipinski definition) is 3. The molecule has 1 unspecified atom stereocenters. The minimum absolute atomic E-state index is 0.0540. The van der Waals surface area contributed by atoms with Gasteiger partial charge in [-0.3, -0.25) is 9.59 Å². The highest BCUT2D eigenvalue weighted by Crippen LogP contribution is 2.24. The first-order valence-corrected chi connectivity index (χ1v) is 9.50. The molecule has 3 rings (SSSR count). The minimum atomic E-state index is -0.279. The fourth-order valence-corrected chi connectivity index (χ4v) is 3.70. The smallest absolute Gasteiger partial charge is 0.242 e. The molecule has 5 heteroatoms. The summed E-state index contributed by atoms with van der Waals surface area (Å²) in [4.78, 5) is 26.0. The lowest BCUT2D eigenvalue weighted by atomic mass is 9.87. The average molecular weight is 343 g/mol. The van der Waals surface area contributed by atoms with E-state index in [0.717, 1.165) is 43.1 Å². The van der Waals surface area contributed by atoms with E-state index in [-0.39, 0.29) is 17.9 Å². The zero-order valence-corrected chi connectivity index (χ0v) is 15.3. The lowest BCUT2D eigenvalue weighted by molar-refractivity contribution is -0.122. The second-order valence-electron chi connectivity index (χ2n) is 7.53. The van der Waals surface area contributed by atoms with Crippen LogP contribution in [0, 0.1) is 5.92 Å². The molecule has 25 heavy (non-hydrogen) atoms. The Hall–Kier alpha value is -2.04. The van der Waals surface area contributed by atoms with E-state index >= 15 is 0 Å². The maximum atomic E-state index is 12.4. The topological polar surface area (TPSA) is 61.4 Å². The van der Waals surface area contributed by atoms with Gasteiger partial charge in [-0.2, -0.15) is 0 Å². The third kappa shape index (κ3) is 4.53. The van der Waals surface area contributed by atoms with Gasteiger partial charge in [0.2, 0.25) is 11.8 Å². The van der Waals surface area contributed by atoms with Crippen LogP contribution in [0.2, 0.25) is 0 Å². The molecule has 1 aliphatic heterocycles. The zero-order chi connectivity index (χ0) is 17.8. The maximum Gasteiger partial charge on any atom is 0.242 e. The van der Waals surface area contributed by atoms with Crippen LogP contribution in [0.4, 0.5) is 11.4 Å². The molecule has 0 radical (unpaired) electrons. The SMILES string of the molecule is CC1CCC(NC(=O)C(C)Nc2ccc(N3CCCC3=O)cc2)CC1. The average Bonchev–Trinajstić information content (AvgIpc) is 3.03. The number of carbonyl (C=O) groups excluding carboxylic acids is 2. The molecular formula is C20H29N3O2. The Bertz CT molecular complexity index is 606.